The zero-order valence-corrected chi connectivity index (χ0v) is 18.3. The van der Waals surface area contributed by atoms with E-state index in [2.05, 4.69) is 30.7 Å². The molecule has 3 aromatic heterocycles. The summed E-state index contributed by atoms with van der Waals surface area (Å²) in [5, 5.41) is 11.4. The van der Waals surface area contributed by atoms with Crippen molar-refractivity contribution in [2.75, 3.05) is 18.4 Å². The van der Waals surface area contributed by atoms with Crippen molar-refractivity contribution in [1.29, 1.82) is 0 Å². The first-order chi connectivity index (χ1) is 15.8. The van der Waals surface area contributed by atoms with Gasteiger partial charge in [0.25, 0.3) is 0 Å². The molecule has 1 aromatic carbocycles. The van der Waals surface area contributed by atoms with Crippen LogP contribution in [0.4, 0.5) is 19.1 Å². The van der Waals surface area contributed by atoms with Gasteiger partial charge < -0.3 is 15.6 Å². The Bertz CT molecular complexity index is 1300. The van der Waals surface area contributed by atoms with Gasteiger partial charge in [0.05, 0.1) is 11.9 Å². The first kappa shape index (κ1) is 21.4. The second kappa shape index (κ2) is 8.18. The predicted octanol–water partition coefficient (Wildman–Crippen LogP) is 4.52. The Hall–Kier alpha value is -3.40. The van der Waals surface area contributed by atoms with Crippen LogP contribution in [0.3, 0.4) is 0 Å². The largest absolute Gasteiger partial charge is 0.419 e. The maximum Gasteiger partial charge on any atom is 0.419 e. The SMILES string of the molecule is Cc1c(-c2ccc3c(-c4nc(N[C@H]5CCCNC5)ncc4C(F)(F)F)c[nH]c3c2)cnn1C. The van der Waals surface area contributed by atoms with Crippen molar-refractivity contribution in [3.05, 3.63) is 48.0 Å². The fourth-order valence-electron chi connectivity index (χ4n) is 4.29. The standard InChI is InChI=1S/C23H24F3N7/c1-13-17(11-30-33(13)2)14-5-6-16-18(10-28-20(16)8-14)21-19(23(24,25)26)12-29-22(32-21)31-15-4-3-7-27-9-15/h5-6,8,10-12,15,27-28H,3-4,7,9H2,1-2H3,(H,29,31,32)/t15-/m0/s1. The molecule has 1 atom stereocenters. The third-order valence-corrected chi connectivity index (χ3v) is 6.21. The van der Waals surface area contributed by atoms with E-state index >= 15 is 0 Å². The van der Waals surface area contributed by atoms with Crippen molar-refractivity contribution in [2.24, 2.45) is 7.05 Å². The van der Waals surface area contributed by atoms with Crippen molar-refractivity contribution in [3.8, 4) is 22.4 Å². The van der Waals surface area contributed by atoms with Gasteiger partial charge in [-0.05, 0) is 37.9 Å². The van der Waals surface area contributed by atoms with E-state index in [1.165, 1.54) is 0 Å². The highest BCUT2D eigenvalue weighted by Gasteiger charge is 2.36. The molecule has 4 aromatic rings. The minimum absolute atomic E-state index is 0.0802. The minimum atomic E-state index is -4.57. The molecule has 0 amide bonds. The number of nitrogens with zero attached hydrogens (tertiary/aromatic N) is 4. The highest BCUT2D eigenvalue weighted by Crippen LogP contribution is 2.39. The van der Waals surface area contributed by atoms with Crippen molar-refractivity contribution in [3.63, 3.8) is 0 Å². The van der Waals surface area contributed by atoms with Gasteiger partial charge in [0.2, 0.25) is 5.95 Å². The Kier molecular flexibility index (Phi) is 5.32. The molecule has 1 fully saturated rings. The molecule has 7 nitrogen and oxygen atoms in total. The molecule has 1 saturated heterocycles. The molecular weight excluding hydrogens is 431 g/mol. The molecule has 0 bridgehead atoms. The Morgan fingerprint density at radius 1 is 1.18 bits per heavy atom. The third-order valence-electron chi connectivity index (χ3n) is 6.21. The summed E-state index contributed by atoms with van der Waals surface area (Å²) in [6.07, 6.45) is 1.56. The van der Waals surface area contributed by atoms with Crippen LogP contribution in [-0.2, 0) is 13.2 Å². The maximum atomic E-state index is 13.8. The molecule has 33 heavy (non-hydrogen) atoms. The zero-order valence-electron chi connectivity index (χ0n) is 18.3. The number of fused-ring (bicyclic) bond motifs is 1. The summed E-state index contributed by atoms with van der Waals surface area (Å²) in [6, 6.07) is 5.72. The molecule has 0 radical (unpaired) electrons. The van der Waals surface area contributed by atoms with Gasteiger partial charge in [-0.25, -0.2) is 9.97 Å². The molecule has 10 heteroatoms. The highest BCUT2D eigenvalue weighted by atomic mass is 19.4. The molecule has 1 aliphatic heterocycles. The Labute approximate surface area is 188 Å². The van der Waals surface area contributed by atoms with Crippen molar-refractivity contribution >= 4 is 16.9 Å². The van der Waals surface area contributed by atoms with Crippen LogP contribution in [0.5, 0.6) is 0 Å². The summed E-state index contributed by atoms with van der Waals surface area (Å²) in [4.78, 5) is 11.4. The number of hydrogen-bond donors (Lipinski definition) is 3. The van der Waals surface area contributed by atoms with E-state index in [9.17, 15) is 13.2 Å². The molecule has 0 spiro atoms. The Morgan fingerprint density at radius 2 is 2.03 bits per heavy atom. The number of benzene rings is 1. The van der Waals surface area contributed by atoms with Crippen molar-refractivity contribution in [1.82, 2.24) is 30.0 Å². The van der Waals surface area contributed by atoms with Crippen LogP contribution in [0.15, 0.2) is 36.8 Å². The number of aromatic amines is 1. The van der Waals surface area contributed by atoms with Gasteiger partial charge >= 0.3 is 6.18 Å². The summed E-state index contributed by atoms with van der Waals surface area (Å²) >= 11 is 0. The van der Waals surface area contributed by atoms with E-state index in [4.69, 9.17) is 0 Å². The second-order valence-electron chi connectivity index (χ2n) is 8.37. The normalized spacial score (nSPS) is 16.9. The number of piperidine rings is 1. The van der Waals surface area contributed by atoms with E-state index < -0.39 is 11.7 Å². The summed E-state index contributed by atoms with van der Waals surface area (Å²) in [6.45, 7) is 3.63. The van der Waals surface area contributed by atoms with Gasteiger partial charge in [-0.3, -0.25) is 4.68 Å². The summed E-state index contributed by atoms with van der Waals surface area (Å²) in [5.41, 5.74) is 3.03. The predicted molar refractivity (Wildman–Crippen MR) is 121 cm³/mol. The van der Waals surface area contributed by atoms with Crippen LogP contribution in [0.25, 0.3) is 33.3 Å². The molecule has 172 valence electrons. The molecule has 0 unspecified atom stereocenters. The molecule has 4 heterocycles. The second-order valence-corrected chi connectivity index (χ2v) is 8.37. The lowest BCUT2D eigenvalue weighted by Gasteiger charge is -2.24. The summed E-state index contributed by atoms with van der Waals surface area (Å²) < 4.78 is 43.3. The van der Waals surface area contributed by atoms with E-state index in [1.54, 1.807) is 17.1 Å². The monoisotopic (exact) mass is 455 g/mol. The van der Waals surface area contributed by atoms with Gasteiger partial charge in [-0.1, -0.05) is 12.1 Å². The van der Waals surface area contributed by atoms with Gasteiger partial charge in [0.1, 0.15) is 5.56 Å². The number of nitrogens with one attached hydrogen (secondary N) is 3. The van der Waals surface area contributed by atoms with Crippen LogP contribution < -0.4 is 10.6 Å². The lowest BCUT2D eigenvalue weighted by Crippen LogP contribution is -2.38. The number of aryl methyl sites for hydroxylation is 1. The smallest absolute Gasteiger partial charge is 0.360 e. The van der Waals surface area contributed by atoms with E-state index in [0.717, 1.165) is 54.5 Å². The number of aromatic nitrogens is 5. The van der Waals surface area contributed by atoms with Crippen LogP contribution in [0.2, 0.25) is 0 Å². The highest BCUT2D eigenvalue weighted by molar-refractivity contribution is 5.97. The maximum absolute atomic E-state index is 13.8. The molecule has 3 N–H and O–H groups in total. The number of halogens is 3. The van der Waals surface area contributed by atoms with Gasteiger partial charge in [-0.2, -0.15) is 18.3 Å². The number of alkyl halides is 3. The lowest BCUT2D eigenvalue weighted by atomic mass is 10.0. The molecular formula is C23H24F3N7. The Balaban J connectivity index is 1.57. The first-order valence-electron chi connectivity index (χ1n) is 10.8. The summed E-state index contributed by atoms with van der Waals surface area (Å²) in [7, 11) is 1.87. The fourth-order valence-corrected chi connectivity index (χ4v) is 4.29. The van der Waals surface area contributed by atoms with Crippen molar-refractivity contribution < 1.29 is 13.2 Å². The molecule has 0 aliphatic carbocycles. The molecule has 0 saturated carbocycles. The average molecular weight is 455 g/mol. The average Bonchev–Trinajstić information content (AvgIpc) is 3.36. The zero-order chi connectivity index (χ0) is 23.2. The van der Waals surface area contributed by atoms with Gasteiger partial charge in [0, 0.05) is 59.8 Å². The van der Waals surface area contributed by atoms with Gasteiger partial charge in [0.15, 0.2) is 0 Å². The van der Waals surface area contributed by atoms with Crippen LogP contribution in [0, 0.1) is 6.92 Å². The summed E-state index contributed by atoms with van der Waals surface area (Å²) in [5.74, 6) is 0.198. The lowest BCUT2D eigenvalue weighted by molar-refractivity contribution is -0.137. The molecule has 1 aliphatic rings. The van der Waals surface area contributed by atoms with Gasteiger partial charge in [-0.15, -0.1) is 0 Å². The first-order valence-corrected chi connectivity index (χ1v) is 10.8. The third kappa shape index (κ3) is 4.06. The van der Waals surface area contributed by atoms with E-state index in [0.29, 0.717) is 10.9 Å². The van der Waals surface area contributed by atoms with Crippen LogP contribution in [0.1, 0.15) is 24.1 Å². The van der Waals surface area contributed by atoms with Crippen LogP contribution >= 0.6 is 0 Å². The quantitative estimate of drug-likeness (QED) is 0.422. The van der Waals surface area contributed by atoms with E-state index in [1.807, 2.05) is 32.2 Å². The number of hydrogen-bond acceptors (Lipinski definition) is 5. The number of rotatable bonds is 4. The Morgan fingerprint density at radius 3 is 2.73 bits per heavy atom. The number of H-pyrrole nitrogens is 1. The topological polar surface area (TPSA) is 83.4 Å². The van der Waals surface area contributed by atoms with E-state index in [-0.39, 0.29) is 17.7 Å². The molecule has 5 rings (SSSR count). The number of anilines is 1. The van der Waals surface area contributed by atoms with Crippen molar-refractivity contribution in [2.45, 2.75) is 32.0 Å². The minimum Gasteiger partial charge on any atom is -0.360 e. The fraction of sp³-hybridized carbons (Fsp3) is 0.348. The van der Waals surface area contributed by atoms with Crippen LogP contribution in [-0.4, -0.2) is 43.9 Å².